The second-order valence-corrected chi connectivity index (χ2v) is 9.42. The van der Waals surface area contributed by atoms with Crippen LogP contribution in [0.1, 0.15) is 64.2 Å². The quantitative estimate of drug-likeness (QED) is 0.259. The second kappa shape index (κ2) is 13.5. The third-order valence-electron chi connectivity index (χ3n) is 5.21. The number of carbonyl (C=O) groups excluding carboxylic acids is 1. The molecule has 2 nitrogen and oxygen atoms in total. The molecule has 0 unspecified atom stereocenters. The second-order valence-electron chi connectivity index (χ2n) is 7.74. The van der Waals surface area contributed by atoms with Crippen molar-refractivity contribution in [3.05, 3.63) is 87.3 Å². The number of fused-ring (bicyclic) bond motifs is 1. The standard InChI is InChI=1S/C28H33ClFNOS/c1-6-10-11-25(27(29)16-22(30)7-2)28-24-13-12-20(18-33-9-4)15-26(24)23(8-3)21(17-31-28)14-19(5)32/h7-8,11-16H,6,9-10,17-18H2,1-5H3/b21-14-,22-7+,23-8?,25-11+,27-16+. The first kappa shape index (κ1) is 27.1. The average Bonchev–Trinajstić information content (AvgIpc) is 2.93. The number of carbonyl (C=O) groups is 1. The van der Waals surface area contributed by atoms with Crippen LogP contribution in [0.2, 0.25) is 0 Å². The average molecular weight is 486 g/mol. The zero-order valence-corrected chi connectivity index (χ0v) is 21.7. The highest BCUT2D eigenvalue weighted by atomic mass is 35.5. The van der Waals surface area contributed by atoms with E-state index in [9.17, 15) is 9.18 Å². The Bertz CT molecular complexity index is 1060. The molecule has 0 radical (unpaired) electrons. The van der Waals surface area contributed by atoms with Crippen molar-refractivity contribution in [2.24, 2.45) is 4.99 Å². The fourth-order valence-corrected chi connectivity index (χ4v) is 4.55. The van der Waals surface area contributed by atoms with Crippen LogP contribution in [0.15, 0.2) is 75.6 Å². The van der Waals surface area contributed by atoms with Gasteiger partial charge in [-0.3, -0.25) is 9.79 Å². The van der Waals surface area contributed by atoms with Gasteiger partial charge < -0.3 is 0 Å². The van der Waals surface area contributed by atoms with Gasteiger partial charge in [-0.05, 0) is 73.4 Å². The lowest BCUT2D eigenvalue weighted by Gasteiger charge is -2.16. The molecule has 0 amide bonds. The molecule has 1 aliphatic rings. The molecule has 176 valence electrons. The molecule has 33 heavy (non-hydrogen) atoms. The lowest BCUT2D eigenvalue weighted by atomic mass is 9.89. The van der Waals surface area contributed by atoms with E-state index >= 15 is 0 Å². The van der Waals surface area contributed by atoms with E-state index in [1.54, 1.807) is 19.9 Å². The zero-order valence-electron chi connectivity index (χ0n) is 20.2. The van der Waals surface area contributed by atoms with Gasteiger partial charge in [-0.1, -0.05) is 62.2 Å². The van der Waals surface area contributed by atoms with Crippen molar-refractivity contribution in [2.45, 2.75) is 53.2 Å². The number of rotatable bonds is 9. The highest BCUT2D eigenvalue weighted by molar-refractivity contribution is 7.98. The third kappa shape index (κ3) is 7.41. The Hall–Kier alpha value is -2.17. The fourth-order valence-electron chi connectivity index (χ4n) is 3.66. The monoisotopic (exact) mass is 485 g/mol. The minimum atomic E-state index is -0.393. The first-order chi connectivity index (χ1) is 15.9. The number of aliphatic imine (C=N–C) groups is 1. The summed E-state index contributed by atoms with van der Waals surface area (Å²) >= 11 is 8.51. The molecule has 0 saturated heterocycles. The van der Waals surface area contributed by atoms with E-state index in [1.165, 1.54) is 17.7 Å². The van der Waals surface area contributed by atoms with E-state index in [0.29, 0.717) is 17.2 Å². The van der Waals surface area contributed by atoms with Gasteiger partial charge in [-0.15, -0.1) is 0 Å². The Morgan fingerprint density at radius 3 is 2.61 bits per heavy atom. The van der Waals surface area contributed by atoms with E-state index in [2.05, 4.69) is 32.0 Å². The largest absolute Gasteiger partial charge is 0.295 e. The molecule has 0 fully saturated rings. The van der Waals surface area contributed by atoms with Gasteiger partial charge in [-0.2, -0.15) is 11.8 Å². The molecule has 0 aromatic heterocycles. The van der Waals surface area contributed by atoms with E-state index in [0.717, 1.165) is 52.3 Å². The maximum Gasteiger partial charge on any atom is 0.152 e. The number of nitrogens with zero attached hydrogens (tertiary/aromatic N) is 1. The molecule has 2 rings (SSSR count). The molecular formula is C28H33ClFNOS. The first-order valence-electron chi connectivity index (χ1n) is 11.4. The molecular weight excluding hydrogens is 453 g/mol. The summed E-state index contributed by atoms with van der Waals surface area (Å²) < 4.78 is 14.1. The van der Waals surface area contributed by atoms with Crippen LogP contribution in [0.4, 0.5) is 4.39 Å². The number of hydrogen-bond donors (Lipinski definition) is 0. The SMILES string of the molecule is CC=C1/C(=C\C(C)=O)CN=C(C(=C/CCC)/C(Cl)=C\C(F)=C/C)c2ccc(CSCC)cc21. The summed E-state index contributed by atoms with van der Waals surface area (Å²) in [5, 5.41) is 0.315. The lowest BCUT2D eigenvalue weighted by molar-refractivity contribution is -0.112. The topological polar surface area (TPSA) is 29.4 Å². The van der Waals surface area contributed by atoms with Crippen molar-refractivity contribution in [1.82, 2.24) is 0 Å². The highest BCUT2D eigenvalue weighted by Gasteiger charge is 2.23. The Morgan fingerprint density at radius 2 is 2.00 bits per heavy atom. The van der Waals surface area contributed by atoms with Crippen molar-refractivity contribution in [1.29, 1.82) is 0 Å². The smallest absolute Gasteiger partial charge is 0.152 e. The van der Waals surface area contributed by atoms with Crippen molar-refractivity contribution in [2.75, 3.05) is 12.3 Å². The predicted octanol–water partition coefficient (Wildman–Crippen LogP) is 8.38. The lowest BCUT2D eigenvalue weighted by Crippen LogP contribution is -2.09. The van der Waals surface area contributed by atoms with Crippen molar-refractivity contribution in [3.8, 4) is 0 Å². The van der Waals surface area contributed by atoms with Crippen LogP contribution in [0.5, 0.6) is 0 Å². The Labute approximate surface area is 207 Å². The van der Waals surface area contributed by atoms with Gasteiger partial charge in [0, 0.05) is 16.9 Å². The van der Waals surface area contributed by atoms with E-state index in [1.807, 2.05) is 30.8 Å². The number of benzene rings is 1. The predicted molar refractivity (Wildman–Crippen MR) is 144 cm³/mol. The number of allylic oxidation sites excluding steroid dienone is 8. The number of ketones is 1. The van der Waals surface area contributed by atoms with Gasteiger partial charge in [0.2, 0.25) is 0 Å². The van der Waals surface area contributed by atoms with Gasteiger partial charge >= 0.3 is 0 Å². The van der Waals surface area contributed by atoms with Gasteiger partial charge in [0.25, 0.3) is 0 Å². The number of halogens is 2. The number of unbranched alkanes of at least 4 members (excludes halogenated alkanes) is 1. The van der Waals surface area contributed by atoms with Crippen molar-refractivity contribution in [3.63, 3.8) is 0 Å². The minimum absolute atomic E-state index is 0.0166. The summed E-state index contributed by atoms with van der Waals surface area (Å²) in [7, 11) is 0. The van der Waals surface area contributed by atoms with Gasteiger partial charge in [0.1, 0.15) is 5.83 Å². The van der Waals surface area contributed by atoms with Crippen LogP contribution in [0, 0.1) is 0 Å². The summed E-state index contributed by atoms with van der Waals surface area (Å²) in [5.74, 6) is 1.54. The van der Waals surface area contributed by atoms with Gasteiger partial charge in [0.05, 0.1) is 17.3 Å². The molecule has 0 spiro atoms. The highest BCUT2D eigenvalue weighted by Crippen LogP contribution is 2.35. The molecule has 1 aromatic rings. The maximum atomic E-state index is 14.1. The molecule has 1 heterocycles. The summed E-state index contributed by atoms with van der Waals surface area (Å²) in [4.78, 5) is 16.9. The van der Waals surface area contributed by atoms with Gasteiger partial charge in [-0.25, -0.2) is 4.39 Å². The van der Waals surface area contributed by atoms with E-state index in [-0.39, 0.29) is 5.78 Å². The van der Waals surface area contributed by atoms with Gasteiger partial charge in [0.15, 0.2) is 5.78 Å². The zero-order chi connectivity index (χ0) is 24.4. The van der Waals surface area contributed by atoms with E-state index in [4.69, 9.17) is 16.6 Å². The minimum Gasteiger partial charge on any atom is -0.295 e. The Balaban J connectivity index is 2.80. The molecule has 1 aromatic carbocycles. The molecule has 0 atom stereocenters. The van der Waals surface area contributed by atoms with Crippen LogP contribution in [-0.2, 0) is 10.5 Å². The molecule has 0 aliphatic carbocycles. The van der Waals surface area contributed by atoms with Crippen LogP contribution < -0.4 is 0 Å². The Kier molecular flexibility index (Phi) is 11.1. The maximum absolute atomic E-state index is 14.1. The van der Waals surface area contributed by atoms with Crippen molar-refractivity contribution >= 4 is 40.4 Å². The molecule has 0 saturated carbocycles. The van der Waals surface area contributed by atoms with Crippen LogP contribution in [0.25, 0.3) is 5.57 Å². The molecule has 5 heteroatoms. The summed E-state index contributed by atoms with van der Waals surface area (Å²) in [6.45, 7) is 9.75. The Morgan fingerprint density at radius 1 is 1.24 bits per heavy atom. The van der Waals surface area contributed by atoms with Crippen LogP contribution in [-0.4, -0.2) is 23.8 Å². The normalized spacial score (nSPS) is 17.8. The van der Waals surface area contributed by atoms with Crippen molar-refractivity contribution < 1.29 is 9.18 Å². The fraction of sp³-hybridized carbons (Fsp3) is 0.357. The third-order valence-corrected chi connectivity index (χ3v) is 6.47. The van der Waals surface area contributed by atoms with E-state index < -0.39 is 5.83 Å². The summed E-state index contributed by atoms with van der Waals surface area (Å²) in [6, 6.07) is 6.38. The van der Waals surface area contributed by atoms with Crippen LogP contribution >= 0.6 is 23.4 Å². The molecule has 0 bridgehead atoms. The number of hydrogen-bond acceptors (Lipinski definition) is 3. The molecule has 0 N–H and O–H groups in total. The molecule has 1 aliphatic heterocycles. The number of thioether (sulfide) groups is 1. The summed E-state index contributed by atoms with van der Waals surface area (Å²) in [5.41, 5.74) is 6.48. The first-order valence-corrected chi connectivity index (χ1v) is 12.9. The van der Waals surface area contributed by atoms with Crippen LogP contribution in [0.3, 0.4) is 0 Å². The summed E-state index contributed by atoms with van der Waals surface area (Å²) in [6.07, 6.45) is 10.2.